The minimum atomic E-state index is -0.716. The van der Waals surface area contributed by atoms with Crippen LogP contribution in [0.25, 0.3) is 31.5 Å². The zero-order chi connectivity index (χ0) is 39.5. The summed E-state index contributed by atoms with van der Waals surface area (Å²) in [6, 6.07) is 12.4. The molecule has 294 valence electrons. The molecule has 0 unspecified atom stereocenters. The first-order chi connectivity index (χ1) is 28.3. The highest BCUT2D eigenvalue weighted by molar-refractivity contribution is 7.19. The minimum absolute atomic E-state index is 0.0762. The van der Waals surface area contributed by atoms with Gasteiger partial charge in [0.2, 0.25) is 5.91 Å². The van der Waals surface area contributed by atoms with Crippen molar-refractivity contribution < 1.29 is 14.7 Å². The van der Waals surface area contributed by atoms with E-state index in [1.807, 2.05) is 52.1 Å². The third-order valence-electron chi connectivity index (χ3n) is 11.6. The van der Waals surface area contributed by atoms with E-state index in [2.05, 4.69) is 65.8 Å². The van der Waals surface area contributed by atoms with Gasteiger partial charge in [-0.15, -0.1) is 22.7 Å². The lowest BCUT2D eigenvalue weighted by Gasteiger charge is -2.44. The number of likely N-dealkylation sites (tertiary alicyclic amines) is 1. The summed E-state index contributed by atoms with van der Waals surface area (Å²) in [7, 11) is 4.16. The number of aromatic nitrogens is 8. The number of fused-ring (bicyclic) bond motifs is 8. The maximum absolute atomic E-state index is 13.0. The fourth-order valence-electron chi connectivity index (χ4n) is 8.32. The second-order valence-electron chi connectivity index (χ2n) is 15.4. The van der Waals surface area contributed by atoms with Gasteiger partial charge in [-0.05, 0) is 100 Å². The molecule has 0 saturated carbocycles. The first kappa shape index (κ1) is 36.3. The molecular weight excluding hydrogens is 773 g/mol. The zero-order valence-corrected chi connectivity index (χ0v) is 33.5. The van der Waals surface area contributed by atoms with Crippen molar-refractivity contribution >= 4 is 89.0 Å². The third-order valence-corrected chi connectivity index (χ3v) is 13.9. The van der Waals surface area contributed by atoms with Crippen molar-refractivity contribution in [2.24, 2.45) is 11.8 Å². The molecule has 17 heteroatoms. The van der Waals surface area contributed by atoms with Gasteiger partial charge in [-0.3, -0.25) is 9.59 Å². The number of carboxylic acid groups (broad SMARTS) is 1. The molecule has 3 N–H and O–H groups in total. The highest BCUT2D eigenvalue weighted by atomic mass is 32.1. The van der Waals surface area contributed by atoms with Crippen molar-refractivity contribution in [3.05, 3.63) is 94.7 Å². The maximum Gasteiger partial charge on any atom is 0.306 e. The number of hydrogen-bond acceptors (Lipinski definition) is 13. The number of carbonyl (C=O) groups excluding carboxylic acids is 1. The summed E-state index contributed by atoms with van der Waals surface area (Å²) in [5.41, 5.74) is 6.41. The standard InChI is InChI=1S/C23H25N7OS.C18H15N5O2S/c1-28(2)17-11-29(12-17)23(31)14-3-4-18-19(9-14)32-22-20(18)21(24-13-25-22)27-15-6-8-30-16(10-15)5-7-26-30;24-18(25)10-1-2-13-14(7-10)26-17-15(13)16(19-9-20-17)22-11-4-6-23-12(8-11)3-5-21-23/h5-8,10,13-14,17H,3-4,9,11-12H2,1-2H3,(H,24,25,27);3-6,8-10H,1-2,7H2,(H,24,25)(H,19,20,22)/t14-;10-/m00/s1. The molecule has 3 aliphatic rings. The second-order valence-corrected chi connectivity index (χ2v) is 17.5. The van der Waals surface area contributed by atoms with E-state index in [-0.39, 0.29) is 11.8 Å². The molecule has 11 rings (SSSR count). The second kappa shape index (κ2) is 14.7. The van der Waals surface area contributed by atoms with Crippen LogP contribution in [0.1, 0.15) is 33.7 Å². The molecule has 1 fully saturated rings. The van der Waals surface area contributed by atoms with Crippen molar-refractivity contribution in [1.29, 1.82) is 0 Å². The summed E-state index contributed by atoms with van der Waals surface area (Å²) >= 11 is 3.29. The molecule has 58 heavy (non-hydrogen) atoms. The van der Waals surface area contributed by atoms with Crippen LogP contribution in [0.3, 0.4) is 0 Å². The van der Waals surface area contributed by atoms with Gasteiger partial charge in [0.15, 0.2) is 0 Å². The minimum Gasteiger partial charge on any atom is -0.481 e. The Balaban J connectivity index is 0.000000144. The summed E-state index contributed by atoms with van der Waals surface area (Å²) in [5.74, 6) is 0.968. The quantitative estimate of drug-likeness (QED) is 0.166. The number of thiophene rings is 2. The fraction of sp³-hybridized carbons (Fsp3) is 0.317. The zero-order valence-electron chi connectivity index (χ0n) is 31.9. The van der Waals surface area contributed by atoms with Crippen molar-refractivity contribution in [2.75, 3.05) is 37.8 Å². The number of rotatable bonds is 7. The fourth-order valence-corrected chi connectivity index (χ4v) is 10.9. The van der Waals surface area contributed by atoms with Gasteiger partial charge in [0, 0.05) is 71.0 Å². The number of anilines is 4. The molecule has 9 heterocycles. The normalized spacial score (nSPS) is 17.9. The third kappa shape index (κ3) is 6.67. The van der Waals surface area contributed by atoms with Crippen LogP contribution in [0.2, 0.25) is 0 Å². The summed E-state index contributed by atoms with van der Waals surface area (Å²) in [5, 5.41) is 26.8. The van der Waals surface area contributed by atoms with Gasteiger partial charge in [0.25, 0.3) is 0 Å². The summed E-state index contributed by atoms with van der Waals surface area (Å²) in [4.78, 5) is 50.8. The number of carboxylic acids is 1. The van der Waals surface area contributed by atoms with Gasteiger partial charge in [-0.25, -0.2) is 29.0 Å². The number of amides is 1. The summed E-state index contributed by atoms with van der Waals surface area (Å²) in [6.45, 7) is 1.70. The Morgan fingerprint density at radius 2 is 1.26 bits per heavy atom. The average molecular weight is 813 g/mol. The van der Waals surface area contributed by atoms with E-state index >= 15 is 0 Å². The smallest absolute Gasteiger partial charge is 0.306 e. The Bertz CT molecular complexity index is 2860. The van der Waals surface area contributed by atoms with E-state index in [9.17, 15) is 14.7 Å². The van der Waals surface area contributed by atoms with Crippen molar-refractivity contribution in [1.82, 2.24) is 49.0 Å². The van der Waals surface area contributed by atoms with Gasteiger partial charge in [-0.1, -0.05) is 0 Å². The lowest BCUT2D eigenvalue weighted by molar-refractivity contribution is -0.143. The van der Waals surface area contributed by atoms with Crippen molar-refractivity contribution in [3.8, 4) is 0 Å². The largest absolute Gasteiger partial charge is 0.481 e. The molecule has 8 aromatic rings. The maximum atomic E-state index is 13.0. The van der Waals surface area contributed by atoms with Crippen LogP contribution in [-0.4, -0.2) is 99.2 Å². The highest BCUT2D eigenvalue weighted by Gasteiger charge is 2.37. The Hall–Kier alpha value is -6.04. The molecule has 15 nitrogen and oxygen atoms in total. The average Bonchev–Trinajstić information content (AvgIpc) is 4.01. The number of pyridine rings is 2. The first-order valence-corrected chi connectivity index (χ1v) is 21.0. The number of likely N-dealkylation sites (N-methyl/N-ethyl adjacent to an activating group) is 1. The first-order valence-electron chi connectivity index (χ1n) is 19.3. The molecule has 1 amide bonds. The molecule has 0 spiro atoms. The number of hydrogen-bond donors (Lipinski definition) is 3. The predicted molar refractivity (Wildman–Crippen MR) is 225 cm³/mol. The summed E-state index contributed by atoms with van der Waals surface area (Å²) < 4.78 is 3.64. The Labute approximate surface area is 340 Å². The van der Waals surface area contributed by atoms with Crippen molar-refractivity contribution in [2.45, 2.75) is 44.6 Å². The van der Waals surface area contributed by atoms with Crippen LogP contribution in [0.15, 0.2) is 73.8 Å². The van der Waals surface area contributed by atoms with Gasteiger partial charge < -0.3 is 25.5 Å². The Morgan fingerprint density at radius 3 is 1.78 bits per heavy atom. The van der Waals surface area contributed by atoms with Gasteiger partial charge >= 0.3 is 5.97 Å². The SMILES string of the molecule is CN(C)C1CN(C(=O)[C@H]2CCc3c(sc4ncnc(Nc5ccn6nccc6c5)c34)C2)C1.O=C(O)[C@H]1CCc2c(sc3ncnc(Nc4ccn5nccc5c4)c23)C1. The Morgan fingerprint density at radius 1 is 0.741 bits per heavy atom. The van der Waals surface area contributed by atoms with Crippen LogP contribution < -0.4 is 10.6 Å². The number of carbonyl (C=O) groups is 2. The molecule has 0 bridgehead atoms. The van der Waals surface area contributed by atoms with E-state index in [1.54, 1.807) is 52.2 Å². The molecule has 2 atom stereocenters. The number of aryl methyl sites for hydroxylation is 2. The summed E-state index contributed by atoms with van der Waals surface area (Å²) in [6.07, 6.45) is 15.1. The lowest BCUT2D eigenvalue weighted by Crippen LogP contribution is -2.60. The lowest BCUT2D eigenvalue weighted by atomic mass is 9.86. The van der Waals surface area contributed by atoms with Crippen molar-refractivity contribution in [3.63, 3.8) is 0 Å². The number of nitrogens with one attached hydrogen (secondary N) is 2. The number of nitrogens with zero attached hydrogens (tertiary/aromatic N) is 10. The van der Waals surface area contributed by atoms with Crippen LogP contribution in [0.4, 0.5) is 23.0 Å². The van der Waals surface area contributed by atoms with Crippen LogP contribution in [-0.2, 0) is 35.3 Å². The molecule has 1 saturated heterocycles. The van der Waals surface area contributed by atoms with E-state index in [0.29, 0.717) is 24.8 Å². The molecule has 1 aliphatic heterocycles. The van der Waals surface area contributed by atoms with E-state index in [0.717, 1.165) is 98.1 Å². The number of aliphatic carboxylic acids is 1. The predicted octanol–water partition coefficient (Wildman–Crippen LogP) is 6.23. The van der Waals surface area contributed by atoms with Crippen LogP contribution in [0, 0.1) is 11.8 Å². The van der Waals surface area contributed by atoms with E-state index in [4.69, 9.17) is 0 Å². The molecular formula is C41H40N12O3S2. The van der Waals surface area contributed by atoms with Gasteiger partial charge in [0.1, 0.15) is 34.0 Å². The topological polar surface area (TPSA) is 171 Å². The van der Waals surface area contributed by atoms with Crippen LogP contribution in [0.5, 0.6) is 0 Å². The van der Waals surface area contributed by atoms with E-state index < -0.39 is 5.97 Å². The highest BCUT2D eigenvalue weighted by Crippen LogP contribution is 2.42. The molecule has 8 aromatic heterocycles. The molecule has 0 aromatic carbocycles. The van der Waals surface area contributed by atoms with Gasteiger partial charge in [-0.2, -0.15) is 10.2 Å². The van der Waals surface area contributed by atoms with Gasteiger partial charge in [0.05, 0.1) is 27.7 Å². The monoisotopic (exact) mass is 812 g/mol. The Kier molecular flexibility index (Phi) is 9.21. The van der Waals surface area contributed by atoms with E-state index in [1.165, 1.54) is 16.0 Å². The van der Waals surface area contributed by atoms with Crippen LogP contribution >= 0.6 is 22.7 Å². The molecule has 0 radical (unpaired) electrons. The molecule has 2 aliphatic carbocycles.